The second-order valence-corrected chi connectivity index (χ2v) is 7.22. The second kappa shape index (κ2) is 7.59. The van der Waals surface area contributed by atoms with Gasteiger partial charge in [-0.25, -0.2) is 9.78 Å². The van der Waals surface area contributed by atoms with E-state index in [0.29, 0.717) is 34.7 Å². The van der Waals surface area contributed by atoms with Gasteiger partial charge in [0.25, 0.3) is 0 Å². The number of aryl methyl sites for hydroxylation is 2. The third-order valence-electron chi connectivity index (χ3n) is 5.19. The number of carboxylic acid groups (broad SMARTS) is 1. The molecule has 0 aliphatic carbocycles. The van der Waals surface area contributed by atoms with Crippen LogP contribution in [-0.4, -0.2) is 22.7 Å². The highest BCUT2D eigenvalue weighted by atomic mass is 16.5. The van der Waals surface area contributed by atoms with Gasteiger partial charge in [-0.2, -0.15) is 0 Å². The minimum Gasteiger partial charge on any atom is -0.491 e. The van der Waals surface area contributed by atoms with Crippen LogP contribution < -0.4 is 4.74 Å². The van der Waals surface area contributed by atoms with Crippen molar-refractivity contribution in [3.63, 3.8) is 0 Å². The van der Waals surface area contributed by atoms with E-state index in [1.807, 2.05) is 50.2 Å². The molecule has 0 atom stereocenters. The molecule has 4 aromatic rings. The molecule has 0 radical (unpaired) electrons. The first-order valence-electron chi connectivity index (χ1n) is 9.80. The molecule has 148 valence electrons. The van der Waals surface area contributed by atoms with E-state index in [-0.39, 0.29) is 5.56 Å². The Morgan fingerprint density at radius 2 is 1.97 bits per heavy atom. The number of hydrogen-bond donors (Lipinski definition) is 1. The van der Waals surface area contributed by atoms with Crippen LogP contribution in [0.15, 0.2) is 46.9 Å². The van der Waals surface area contributed by atoms with Gasteiger partial charge in [-0.15, -0.1) is 0 Å². The number of nitrogens with zero attached hydrogens (tertiary/aromatic N) is 1. The summed E-state index contributed by atoms with van der Waals surface area (Å²) in [6, 6.07) is 13.1. The molecule has 5 nitrogen and oxygen atoms in total. The zero-order valence-electron chi connectivity index (χ0n) is 16.8. The first-order valence-corrected chi connectivity index (χ1v) is 9.80. The largest absolute Gasteiger partial charge is 0.491 e. The predicted octanol–water partition coefficient (Wildman–Crippen LogP) is 6.14. The summed E-state index contributed by atoms with van der Waals surface area (Å²) in [5, 5.41) is 11.5. The Bertz CT molecular complexity index is 1220. The van der Waals surface area contributed by atoms with Crippen molar-refractivity contribution in [2.24, 2.45) is 0 Å². The van der Waals surface area contributed by atoms with Gasteiger partial charge in [-0.3, -0.25) is 0 Å². The number of furan rings is 1. The van der Waals surface area contributed by atoms with Crippen LogP contribution in [0.3, 0.4) is 0 Å². The van der Waals surface area contributed by atoms with E-state index in [9.17, 15) is 9.90 Å². The highest BCUT2D eigenvalue weighted by Crippen LogP contribution is 2.36. The van der Waals surface area contributed by atoms with Crippen molar-refractivity contribution in [2.75, 3.05) is 6.61 Å². The van der Waals surface area contributed by atoms with Crippen molar-refractivity contribution in [3.05, 3.63) is 59.2 Å². The lowest BCUT2D eigenvalue weighted by Crippen LogP contribution is -2.04. The van der Waals surface area contributed by atoms with E-state index in [1.165, 1.54) is 0 Å². The number of aromatic nitrogens is 1. The predicted molar refractivity (Wildman–Crippen MR) is 114 cm³/mol. The number of ether oxygens (including phenoxy) is 1. The molecule has 0 bridgehead atoms. The molecule has 2 heterocycles. The number of unbranched alkanes of at least 4 members (excludes halogenated alkanes) is 1. The van der Waals surface area contributed by atoms with Gasteiger partial charge < -0.3 is 14.3 Å². The molecule has 0 saturated heterocycles. The molecule has 1 N–H and O–H groups in total. The fourth-order valence-corrected chi connectivity index (χ4v) is 3.63. The Morgan fingerprint density at radius 3 is 2.69 bits per heavy atom. The van der Waals surface area contributed by atoms with Gasteiger partial charge in [0.15, 0.2) is 5.76 Å². The fraction of sp³-hybridized carbons (Fsp3) is 0.250. The summed E-state index contributed by atoms with van der Waals surface area (Å²) in [7, 11) is 0. The molecule has 5 heteroatoms. The van der Waals surface area contributed by atoms with Crippen molar-refractivity contribution in [2.45, 2.75) is 33.6 Å². The van der Waals surface area contributed by atoms with E-state index in [4.69, 9.17) is 14.1 Å². The summed E-state index contributed by atoms with van der Waals surface area (Å²) >= 11 is 0. The first-order chi connectivity index (χ1) is 14.0. The Hall–Kier alpha value is -3.34. The summed E-state index contributed by atoms with van der Waals surface area (Å²) in [5.41, 5.74) is 3.78. The number of fused-ring (bicyclic) bond motifs is 2. The van der Waals surface area contributed by atoms with Crippen LogP contribution in [0, 0.1) is 13.8 Å². The second-order valence-electron chi connectivity index (χ2n) is 7.22. The number of hydrogen-bond acceptors (Lipinski definition) is 4. The summed E-state index contributed by atoms with van der Waals surface area (Å²) in [5.74, 6) is 0.176. The molecule has 0 spiro atoms. The highest BCUT2D eigenvalue weighted by Gasteiger charge is 2.21. The molecular weight excluding hydrogens is 366 g/mol. The number of benzene rings is 2. The third kappa shape index (κ3) is 3.33. The van der Waals surface area contributed by atoms with Gasteiger partial charge in [0, 0.05) is 16.3 Å². The van der Waals surface area contributed by atoms with Gasteiger partial charge >= 0.3 is 5.97 Å². The van der Waals surface area contributed by atoms with Gasteiger partial charge in [0.05, 0.1) is 12.2 Å². The van der Waals surface area contributed by atoms with Crippen molar-refractivity contribution < 1.29 is 19.1 Å². The number of pyridine rings is 1. The quantitative estimate of drug-likeness (QED) is 0.401. The van der Waals surface area contributed by atoms with Gasteiger partial charge in [-0.1, -0.05) is 37.6 Å². The molecule has 4 rings (SSSR count). The smallest absolute Gasteiger partial charge is 0.336 e. The molecule has 0 aliphatic heterocycles. The molecule has 29 heavy (non-hydrogen) atoms. The Kier molecular flexibility index (Phi) is 4.97. The zero-order chi connectivity index (χ0) is 20.5. The van der Waals surface area contributed by atoms with Crippen LogP contribution in [-0.2, 0) is 0 Å². The Morgan fingerprint density at radius 1 is 1.17 bits per heavy atom. The maximum absolute atomic E-state index is 12.1. The first kappa shape index (κ1) is 19.0. The molecule has 0 amide bonds. The van der Waals surface area contributed by atoms with E-state index < -0.39 is 5.97 Å². The van der Waals surface area contributed by atoms with Gasteiger partial charge in [-0.05, 0) is 44.0 Å². The number of rotatable bonds is 6. The number of para-hydroxylation sites is 1. The van der Waals surface area contributed by atoms with Crippen LogP contribution in [0.25, 0.3) is 33.3 Å². The van der Waals surface area contributed by atoms with Crippen molar-refractivity contribution in [3.8, 4) is 17.2 Å². The van der Waals surface area contributed by atoms with Crippen LogP contribution >= 0.6 is 0 Å². The minimum absolute atomic E-state index is 0.197. The monoisotopic (exact) mass is 389 g/mol. The lowest BCUT2D eigenvalue weighted by molar-refractivity contribution is 0.0699. The van der Waals surface area contributed by atoms with Crippen LogP contribution in [0.2, 0.25) is 0 Å². The molecule has 0 saturated carbocycles. The summed E-state index contributed by atoms with van der Waals surface area (Å²) < 4.78 is 12.0. The maximum atomic E-state index is 12.1. The van der Waals surface area contributed by atoms with Crippen molar-refractivity contribution in [1.82, 2.24) is 4.98 Å². The molecule has 2 aromatic heterocycles. The fourth-order valence-electron chi connectivity index (χ4n) is 3.63. The third-order valence-corrected chi connectivity index (χ3v) is 5.19. The van der Waals surface area contributed by atoms with Gasteiger partial charge in [0.1, 0.15) is 22.5 Å². The lowest BCUT2D eigenvalue weighted by Gasteiger charge is -2.13. The Labute approximate surface area is 168 Å². The SMILES string of the molecule is CCCCOc1ccc(C)c2c(C(=O)O)cc(-c3oc4ccccc4c3C)nc12. The summed E-state index contributed by atoms with van der Waals surface area (Å²) in [6.45, 7) is 6.51. The highest BCUT2D eigenvalue weighted by molar-refractivity contribution is 6.07. The molecule has 0 aliphatic rings. The van der Waals surface area contributed by atoms with Gasteiger partial charge in [0.2, 0.25) is 0 Å². The number of aromatic carboxylic acids is 1. The summed E-state index contributed by atoms with van der Waals surface area (Å²) in [6.07, 6.45) is 1.94. The van der Waals surface area contributed by atoms with E-state index in [1.54, 1.807) is 6.07 Å². The van der Waals surface area contributed by atoms with E-state index in [2.05, 4.69) is 6.92 Å². The summed E-state index contributed by atoms with van der Waals surface area (Å²) in [4.78, 5) is 16.9. The lowest BCUT2D eigenvalue weighted by atomic mass is 10.0. The van der Waals surface area contributed by atoms with Crippen LogP contribution in [0.5, 0.6) is 5.75 Å². The molecule has 0 fully saturated rings. The number of carbonyl (C=O) groups is 1. The normalized spacial score (nSPS) is 11.3. The average Bonchev–Trinajstić information content (AvgIpc) is 3.06. The van der Waals surface area contributed by atoms with Crippen molar-refractivity contribution >= 4 is 27.8 Å². The maximum Gasteiger partial charge on any atom is 0.336 e. The van der Waals surface area contributed by atoms with Crippen LogP contribution in [0.1, 0.15) is 41.3 Å². The zero-order valence-corrected chi connectivity index (χ0v) is 16.8. The van der Waals surface area contributed by atoms with E-state index >= 15 is 0 Å². The molecule has 0 unspecified atom stereocenters. The van der Waals surface area contributed by atoms with E-state index in [0.717, 1.165) is 34.9 Å². The van der Waals surface area contributed by atoms with Crippen molar-refractivity contribution in [1.29, 1.82) is 0 Å². The number of carboxylic acids is 1. The minimum atomic E-state index is -0.999. The Balaban J connectivity index is 1.98. The molecule has 2 aromatic carbocycles. The average molecular weight is 389 g/mol. The standard InChI is InChI=1S/C24H23NO4/c1-4-5-12-28-20-11-10-14(2)21-17(24(26)27)13-18(25-22(20)21)23-15(3)16-8-6-7-9-19(16)29-23/h6-11,13H,4-5,12H2,1-3H3,(H,26,27). The molecular formula is C24H23NO4. The van der Waals surface area contributed by atoms with Crippen LogP contribution in [0.4, 0.5) is 0 Å². The topological polar surface area (TPSA) is 72.6 Å².